The van der Waals surface area contributed by atoms with Gasteiger partial charge in [0, 0.05) is 24.8 Å². The fourth-order valence-corrected chi connectivity index (χ4v) is 4.51. The van der Waals surface area contributed by atoms with Crippen LogP contribution in [-0.2, 0) is 6.42 Å². The van der Waals surface area contributed by atoms with Gasteiger partial charge < -0.3 is 21.3 Å². The van der Waals surface area contributed by atoms with Gasteiger partial charge in [-0.2, -0.15) is 4.98 Å². The number of benzene rings is 2. The molecular formula is C23H23ClN6O. The minimum atomic E-state index is -0.191. The van der Waals surface area contributed by atoms with Crippen molar-refractivity contribution in [3.05, 3.63) is 70.4 Å². The zero-order chi connectivity index (χ0) is 21.4. The number of halogens is 1. The summed E-state index contributed by atoms with van der Waals surface area (Å²) >= 11 is 6.33. The molecule has 2 aliphatic rings. The van der Waals surface area contributed by atoms with E-state index in [0.29, 0.717) is 40.1 Å². The first-order valence-electron chi connectivity index (χ1n) is 10.4. The van der Waals surface area contributed by atoms with Gasteiger partial charge in [-0.3, -0.25) is 4.79 Å². The quantitative estimate of drug-likeness (QED) is 0.478. The first-order chi connectivity index (χ1) is 15.1. The predicted molar refractivity (Wildman–Crippen MR) is 122 cm³/mol. The molecule has 2 unspecified atom stereocenters. The van der Waals surface area contributed by atoms with E-state index < -0.39 is 0 Å². The maximum absolute atomic E-state index is 12.2. The molecule has 158 valence electrons. The van der Waals surface area contributed by atoms with Gasteiger partial charge in [0.15, 0.2) is 5.82 Å². The number of aromatic nitrogens is 2. The first-order valence-corrected chi connectivity index (χ1v) is 10.7. The molecule has 5 rings (SSSR count). The van der Waals surface area contributed by atoms with Crippen molar-refractivity contribution < 1.29 is 4.79 Å². The second kappa shape index (κ2) is 8.17. The highest BCUT2D eigenvalue weighted by atomic mass is 35.5. The van der Waals surface area contributed by atoms with Crippen LogP contribution in [0.2, 0.25) is 5.02 Å². The lowest BCUT2D eigenvalue weighted by molar-refractivity contribution is 0.0964. The summed E-state index contributed by atoms with van der Waals surface area (Å²) in [4.78, 5) is 21.0. The van der Waals surface area contributed by atoms with Crippen molar-refractivity contribution in [3.8, 4) is 0 Å². The summed E-state index contributed by atoms with van der Waals surface area (Å²) in [6, 6.07) is 14.7. The molecule has 2 aliphatic heterocycles. The van der Waals surface area contributed by atoms with Crippen molar-refractivity contribution in [3.63, 3.8) is 0 Å². The average molecular weight is 435 g/mol. The Morgan fingerprint density at radius 3 is 2.90 bits per heavy atom. The minimum absolute atomic E-state index is 0.191. The molecule has 2 bridgehead atoms. The lowest BCUT2D eigenvalue weighted by atomic mass is 9.94. The van der Waals surface area contributed by atoms with Gasteiger partial charge in [-0.25, -0.2) is 4.98 Å². The Kier molecular flexibility index (Phi) is 5.21. The fourth-order valence-electron chi connectivity index (χ4n) is 4.37. The standard InChI is InChI=1S/C23H23ClN6O/c1-25-22(31)16-4-2-3-5-19(16)29-21-18(24)12-26-23(30-21)28-15-7-6-13-10-14-8-9-20(27-14)17(13)11-15/h2-7,11-12,14,20,27H,8-10H2,1H3,(H,25,31)(H2,26,28,29,30). The summed E-state index contributed by atoms with van der Waals surface area (Å²) in [6.45, 7) is 0. The number of nitrogens with zero attached hydrogens (tertiary/aromatic N) is 2. The van der Waals surface area contributed by atoms with Crippen LogP contribution in [0.25, 0.3) is 0 Å². The van der Waals surface area contributed by atoms with E-state index in [4.69, 9.17) is 11.6 Å². The van der Waals surface area contributed by atoms with Crippen LogP contribution in [-0.4, -0.2) is 29.0 Å². The van der Waals surface area contributed by atoms with Crippen LogP contribution in [0, 0.1) is 0 Å². The molecule has 0 radical (unpaired) electrons. The van der Waals surface area contributed by atoms with Crippen LogP contribution in [0.15, 0.2) is 48.7 Å². The molecule has 1 aromatic heterocycles. The molecule has 7 nitrogen and oxygen atoms in total. The zero-order valence-corrected chi connectivity index (χ0v) is 17.8. The second-order valence-corrected chi connectivity index (χ2v) is 8.28. The van der Waals surface area contributed by atoms with Crippen LogP contribution >= 0.6 is 11.6 Å². The maximum Gasteiger partial charge on any atom is 0.253 e. The lowest BCUT2D eigenvalue weighted by Gasteiger charge is -2.25. The highest BCUT2D eigenvalue weighted by Crippen LogP contribution is 2.37. The van der Waals surface area contributed by atoms with Crippen LogP contribution < -0.4 is 21.3 Å². The van der Waals surface area contributed by atoms with Gasteiger partial charge in [0.1, 0.15) is 5.02 Å². The maximum atomic E-state index is 12.2. The van der Waals surface area contributed by atoms with Gasteiger partial charge in [0.05, 0.1) is 17.4 Å². The van der Waals surface area contributed by atoms with Crippen molar-refractivity contribution in [2.45, 2.75) is 31.3 Å². The number of carbonyl (C=O) groups excluding carboxylic acids is 1. The topological polar surface area (TPSA) is 91.0 Å². The van der Waals surface area contributed by atoms with Crippen molar-refractivity contribution in [2.24, 2.45) is 0 Å². The Balaban J connectivity index is 1.40. The summed E-state index contributed by atoms with van der Waals surface area (Å²) in [5, 5.41) is 13.1. The van der Waals surface area contributed by atoms with Crippen LogP contribution in [0.4, 0.5) is 23.1 Å². The Hall–Kier alpha value is -3.16. The molecule has 8 heteroatoms. The van der Waals surface area contributed by atoms with Crippen LogP contribution in [0.1, 0.15) is 40.4 Å². The van der Waals surface area contributed by atoms with Crippen LogP contribution in [0.5, 0.6) is 0 Å². The normalized spacial score (nSPS) is 18.9. The number of nitrogens with one attached hydrogen (secondary N) is 4. The van der Waals surface area contributed by atoms with Gasteiger partial charge in [0.2, 0.25) is 5.95 Å². The molecule has 1 fully saturated rings. The number of carbonyl (C=O) groups is 1. The summed E-state index contributed by atoms with van der Waals surface area (Å²) in [5.41, 5.74) is 4.83. The average Bonchev–Trinajstić information content (AvgIpc) is 3.18. The number of fused-ring (bicyclic) bond motifs is 4. The molecule has 2 atom stereocenters. The van der Waals surface area contributed by atoms with Crippen molar-refractivity contribution in [1.82, 2.24) is 20.6 Å². The first kappa shape index (κ1) is 19.8. The Labute approximate surface area is 185 Å². The van der Waals surface area contributed by atoms with Gasteiger partial charge in [-0.05, 0) is 54.7 Å². The summed E-state index contributed by atoms with van der Waals surface area (Å²) in [6.07, 6.45) is 5.04. The molecule has 3 aromatic rings. The van der Waals surface area contributed by atoms with Crippen LogP contribution in [0.3, 0.4) is 0 Å². The molecule has 0 spiro atoms. The SMILES string of the molecule is CNC(=O)c1ccccc1Nc1nc(Nc2ccc3c(c2)C2CCC(C3)N2)ncc1Cl. The fraction of sp³-hybridized carbons (Fsp3) is 0.261. The molecule has 1 saturated heterocycles. The largest absolute Gasteiger partial charge is 0.355 e. The van der Waals surface area contributed by atoms with E-state index in [0.717, 1.165) is 12.1 Å². The molecule has 0 aliphatic carbocycles. The molecule has 0 saturated carbocycles. The lowest BCUT2D eigenvalue weighted by Crippen LogP contribution is -2.31. The molecule has 3 heterocycles. The third kappa shape index (κ3) is 3.94. The number of hydrogen-bond acceptors (Lipinski definition) is 6. The number of anilines is 4. The van der Waals surface area contributed by atoms with E-state index in [2.05, 4.69) is 49.4 Å². The monoisotopic (exact) mass is 434 g/mol. The molecular weight excluding hydrogens is 412 g/mol. The molecule has 31 heavy (non-hydrogen) atoms. The Morgan fingerprint density at radius 2 is 2.03 bits per heavy atom. The van der Waals surface area contributed by atoms with E-state index in [9.17, 15) is 4.79 Å². The smallest absolute Gasteiger partial charge is 0.253 e. The minimum Gasteiger partial charge on any atom is -0.355 e. The van der Waals surface area contributed by atoms with Gasteiger partial charge in [0.25, 0.3) is 5.91 Å². The van der Waals surface area contributed by atoms with E-state index in [1.54, 1.807) is 19.3 Å². The summed E-state index contributed by atoms with van der Waals surface area (Å²) in [5.74, 6) is 0.662. The van der Waals surface area contributed by atoms with E-state index in [1.165, 1.54) is 24.0 Å². The second-order valence-electron chi connectivity index (χ2n) is 7.88. The zero-order valence-electron chi connectivity index (χ0n) is 17.1. The summed E-state index contributed by atoms with van der Waals surface area (Å²) < 4.78 is 0. The molecule has 4 N–H and O–H groups in total. The highest BCUT2D eigenvalue weighted by molar-refractivity contribution is 6.33. The van der Waals surface area contributed by atoms with Crippen molar-refractivity contribution >= 4 is 40.6 Å². The van der Waals surface area contributed by atoms with Gasteiger partial charge in [-0.15, -0.1) is 0 Å². The van der Waals surface area contributed by atoms with Crippen molar-refractivity contribution in [2.75, 3.05) is 17.7 Å². The highest BCUT2D eigenvalue weighted by Gasteiger charge is 2.32. The van der Waals surface area contributed by atoms with Gasteiger partial charge >= 0.3 is 0 Å². The Bertz CT molecular complexity index is 1150. The molecule has 2 aromatic carbocycles. The predicted octanol–water partition coefficient (Wildman–Crippen LogP) is 4.33. The van der Waals surface area contributed by atoms with E-state index in [1.807, 2.05) is 18.2 Å². The number of rotatable bonds is 5. The van der Waals surface area contributed by atoms with E-state index >= 15 is 0 Å². The molecule has 1 amide bonds. The van der Waals surface area contributed by atoms with Crippen molar-refractivity contribution in [1.29, 1.82) is 0 Å². The third-order valence-electron chi connectivity index (χ3n) is 5.88. The number of para-hydroxylation sites is 1. The van der Waals surface area contributed by atoms with Gasteiger partial charge in [-0.1, -0.05) is 29.8 Å². The van der Waals surface area contributed by atoms with E-state index in [-0.39, 0.29) is 5.91 Å². The summed E-state index contributed by atoms with van der Waals surface area (Å²) in [7, 11) is 1.60. The third-order valence-corrected chi connectivity index (χ3v) is 6.16. The Morgan fingerprint density at radius 1 is 1.16 bits per heavy atom. The number of amides is 1. The number of hydrogen-bond donors (Lipinski definition) is 4.